The van der Waals surface area contributed by atoms with Gasteiger partial charge in [-0.05, 0) is 23.6 Å². The number of nitrogens with one attached hydrogen (secondary N) is 2. The van der Waals surface area contributed by atoms with Crippen LogP contribution in [0.4, 0.5) is 4.79 Å². The summed E-state index contributed by atoms with van der Waals surface area (Å²) in [4.78, 5) is 36.0. The summed E-state index contributed by atoms with van der Waals surface area (Å²) in [7, 11) is 0. The quantitative estimate of drug-likeness (QED) is 0.639. The molecule has 0 aliphatic carbocycles. The van der Waals surface area contributed by atoms with Gasteiger partial charge < -0.3 is 24.5 Å². The van der Waals surface area contributed by atoms with E-state index in [4.69, 9.17) is 13.9 Å². The fraction of sp³-hybridized carbons (Fsp3) is 0.350. The van der Waals surface area contributed by atoms with Gasteiger partial charge in [0, 0.05) is 0 Å². The third-order valence-corrected chi connectivity index (χ3v) is 3.79. The topological polar surface area (TPSA) is 107 Å². The molecule has 0 unspecified atom stereocenters. The van der Waals surface area contributed by atoms with E-state index in [1.54, 1.807) is 26.0 Å². The summed E-state index contributed by atoms with van der Waals surface area (Å²) in [6.45, 7) is 3.33. The van der Waals surface area contributed by atoms with Gasteiger partial charge in [-0.25, -0.2) is 9.59 Å². The molecule has 1 aromatic carbocycles. The van der Waals surface area contributed by atoms with Gasteiger partial charge in [-0.2, -0.15) is 0 Å². The van der Waals surface area contributed by atoms with E-state index in [-0.39, 0.29) is 19.1 Å². The maximum absolute atomic E-state index is 12.2. The van der Waals surface area contributed by atoms with E-state index in [2.05, 4.69) is 10.6 Å². The molecular weight excluding hydrogens is 364 g/mol. The molecule has 2 amide bonds. The van der Waals surface area contributed by atoms with E-state index in [1.807, 2.05) is 30.3 Å². The second kappa shape index (κ2) is 10.8. The minimum Gasteiger partial charge on any atom is -0.467 e. The maximum atomic E-state index is 12.2. The molecule has 0 bridgehead atoms. The molecule has 1 atom stereocenters. The first-order valence-electron chi connectivity index (χ1n) is 8.88. The molecule has 28 heavy (non-hydrogen) atoms. The molecule has 0 spiro atoms. The zero-order valence-electron chi connectivity index (χ0n) is 15.8. The van der Waals surface area contributed by atoms with Crippen LogP contribution in [0, 0.1) is 5.92 Å². The highest BCUT2D eigenvalue weighted by molar-refractivity contribution is 5.84. The monoisotopic (exact) mass is 388 g/mol. The van der Waals surface area contributed by atoms with Gasteiger partial charge in [0.1, 0.15) is 18.4 Å². The summed E-state index contributed by atoms with van der Waals surface area (Å²) in [5, 5.41) is 5.05. The van der Waals surface area contributed by atoms with Crippen molar-refractivity contribution >= 4 is 18.0 Å². The summed E-state index contributed by atoms with van der Waals surface area (Å²) < 4.78 is 15.2. The van der Waals surface area contributed by atoms with E-state index in [0.717, 1.165) is 5.56 Å². The number of benzene rings is 1. The number of carbonyl (C=O) groups is 3. The average Bonchev–Trinajstić information content (AvgIpc) is 3.21. The third kappa shape index (κ3) is 7.14. The predicted octanol–water partition coefficient (Wildman–Crippen LogP) is 2.39. The van der Waals surface area contributed by atoms with Crippen LogP contribution in [0.15, 0.2) is 53.1 Å². The zero-order chi connectivity index (χ0) is 20.4. The molecule has 8 heteroatoms. The highest BCUT2D eigenvalue weighted by Gasteiger charge is 2.27. The van der Waals surface area contributed by atoms with Crippen LogP contribution in [0.5, 0.6) is 0 Å². The van der Waals surface area contributed by atoms with E-state index >= 15 is 0 Å². The molecule has 2 rings (SSSR count). The highest BCUT2D eigenvalue weighted by Crippen LogP contribution is 2.06. The van der Waals surface area contributed by atoms with Crippen molar-refractivity contribution in [3.63, 3.8) is 0 Å². The summed E-state index contributed by atoms with van der Waals surface area (Å²) in [5.41, 5.74) is 0.828. The van der Waals surface area contributed by atoms with Crippen LogP contribution < -0.4 is 10.6 Å². The fourth-order valence-corrected chi connectivity index (χ4v) is 2.27. The van der Waals surface area contributed by atoms with E-state index < -0.39 is 30.6 Å². The number of rotatable bonds is 9. The van der Waals surface area contributed by atoms with Crippen LogP contribution in [0.3, 0.4) is 0 Å². The van der Waals surface area contributed by atoms with Gasteiger partial charge in [0.2, 0.25) is 0 Å². The van der Waals surface area contributed by atoms with Gasteiger partial charge in [-0.15, -0.1) is 0 Å². The molecule has 0 fully saturated rings. The van der Waals surface area contributed by atoms with Gasteiger partial charge in [-0.3, -0.25) is 4.79 Å². The molecule has 0 saturated carbocycles. The Morgan fingerprint density at radius 2 is 1.79 bits per heavy atom. The van der Waals surface area contributed by atoms with Crippen molar-refractivity contribution in [3.05, 3.63) is 60.1 Å². The van der Waals surface area contributed by atoms with Gasteiger partial charge >= 0.3 is 12.1 Å². The van der Waals surface area contributed by atoms with Crippen molar-refractivity contribution in [3.8, 4) is 0 Å². The fourth-order valence-electron chi connectivity index (χ4n) is 2.27. The second-order valence-electron chi connectivity index (χ2n) is 6.39. The normalized spacial score (nSPS) is 11.5. The van der Waals surface area contributed by atoms with Crippen LogP contribution >= 0.6 is 0 Å². The number of hydrogen-bond donors (Lipinski definition) is 2. The van der Waals surface area contributed by atoms with Crippen LogP contribution in [-0.4, -0.2) is 30.6 Å². The van der Waals surface area contributed by atoms with Crippen LogP contribution in [0.2, 0.25) is 0 Å². The summed E-state index contributed by atoms with van der Waals surface area (Å²) in [5.74, 6) is -0.843. The van der Waals surface area contributed by atoms with Crippen molar-refractivity contribution in [2.24, 2.45) is 5.92 Å². The van der Waals surface area contributed by atoms with Crippen molar-refractivity contribution < 1.29 is 28.3 Å². The SMILES string of the molecule is CC(C)[C@H](NC(=O)OCc1ccccc1)C(=O)OCC(=O)NCc1ccco1. The predicted molar refractivity (Wildman–Crippen MR) is 99.9 cm³/mol. The van der Waals surface area contributed by atoms with E-state index in [1.165, 1.54) is 6.26 Å². The van der Waals surface area contributed by atoms with Crippen LogP contribution in [0.25, 0.3) is 0 Å². The Morgan fingerprint density at radius 1 is 1.04 bits per heavy atom. The average molecular weight is 388 g/mol. The summed E-state index contributed by atoms with van der Waals surface area (Å²) >= 11 is 0. The Labute approximate surface area is 163 Å². The van der Waals surface area contributed by atoms with Gasteiger partial charge in [0.05, 0.1) is 12.8 Å². The first-order valence-corrected chi connectivity index (χ1v) is 8.88. The molecule has 1 heterocycles. The Balaban J connectivity index is 1.75. The van der Waals surface area contributed by atoms with E-state index in [0.29, 0.717) is 5.76 Å². The minimum atomic E-state index is -0.929. The first-order chi connectivity index (χ1) is 13.5. The van der Waals surface area contributed by atoms with Crippen LogP contribution in [-0.2, 0) is 32.2 Å². The molecular formula is C20H24N2O6. The Kier molecular flexibility index (Phi) is 8.08. The molecule has 1 aromatic heterocycles. The van der Waals surface area contributed by atoms with Gasteiger partial charge in [0.15, 0.2) is 6.61 Å². The number of furan rings is 1. The number of amides is 2. The van der Waals surface area contributed by atoms with Crippen molar-refractivity contribution in [2.75, 3.05) is 6.61 Å². The largest absolute Gasteiger partial charge is 0.467 e. The Morgan fingerprint density at radius 3 is 2.43 bits per heavy atom. The number of ether oxygens (including phenoxy) is 2. The van der Waals surface area contributed by atoms with Crippen molar-refractivity contribution in [2.45, 2.75) is 33.0 Å². The van der Waals surface area contributed by atoms with Crippen molar-refractivity contribution in [1.29, 1.82) is 0 Å². The zero-order valence-corrected chi connectivity index (χ0v) is 15.8. The number of esters is 1. The molecule has 150 valence electrons. The molecule has 0 saturated heterocycles. The lowest BCUT2D eigenvalue weighted by molar-refractivity contribution is -0.151. The lowest BCUT2D eigenvalue weighted by atomic mass is 10.1. The lowest BCUT2D eigenvalue weighted by Gasteiger charge is -2.20. The third-order valence-electron chi connectivity index (χ3n) is 3.79. The molecule has 0 aliphatic rings. The number of hydrogen-bond acceptors (Lipinski definition) is 6. The first kappa shape index (κ1) is 21.0. The van der Waals surface area contributed by atoms with Crippen LogP contribution in [0.1, 0.15) is 25.2 Å². The highest BCUT2D eigenvalue weighted by atomic mass is 16.6. The van der Waals surface area contributed by atoms with Crippen molar-refractivity contribution in [1.82, 2.24) is 10.6 Å². The summed E-state index contributed by atoms with van der Waals surface area (Å²) in [6.07, 6.45) is 0.763. The lowest BCUT2D eigenvalue weighted by Crippen LogP contribution is -2.46. The molecule has 2 N–H and O–H groups in total. The standard InChI is InChI=1S/C20H24N2O6/c1-14(2)18(22-20(25)28-12-15-7-4-3-5-8-15)19(24)27-13-17(23)21-11-16-9-6-10-26-16/h3-10,14,18H,11-13H2,1-2H3,(H,21,23)(H,22,25)/t18-/m0/s1. The van der Waals surface area contributed by atoms with Gasteiger partial charge in [0.25, 0.3) is 5.91 Å². The Bertz CT molecular complexity index is 758. The summed E-state index contributed by atoms with van der Waals surface area (Å²) in [6, 6.07) is 11.7. The Hall–Kier alpha value is -3.29. The maximum Gasteiger partial charge on any atom is 0.408 e. The van der Waals surface area contributed by atoms with E-state index in [9.17, 15) is 14.4 Å². The molecule has 8 nitrogen and oxygen atoms in total. The molecule has 0 radical (unpaired) electrons. The molecule has 0 aliphatic heterocycles. The number of carbonyl (C=O) groups excluding carboxylic acids is 3. The second-order valence-corrected chi connectivity index (χ2v) is 6.39. The smallest absolute Gasteiger partial charge is 0.408 e. The minimum absolute atomic E-state index is 0.0850. The van der Waals surface area contributed by atoms with Gasteiger partial charge in [-0.1, -0.05) is 44.2 Å². The molecule has 2 aromatic rings. The number of alkyl carbamates (subject to hydrolysis) is 1.